The molecule has 0 aliphatic rings. The lowest BCUT2D eigenvalue weighted by molar-refractivity contribution is -0.118. The molecule has 2 aromatic rings. The van der Waals surface area contributed by atoms with E-state index in [0.717, 1.165) is 14.2 Å². The van der Waals surface area contributed by atoms with Crippen LogP contribution in [0, 0.1) is 14.9 Å². The summed E-state index contributed by atoms with van der Waals surface area (Å²) < 4.78 is 6.60. The zero-order chi connectivity index (χ0) is 17.4. The van der Waals surface area contributed by atoms with Gasteiger partial charge in [-0.3, -0.25) is 4.79 Å². The van der Waals surface area contributed by atoms with E-state index in [1.54, 1.807) is 11.8 Å². The van der Waals surface area contributed by atoms with E-state index in [0.29, 0.717) is 12.2 Å². The molecule has 0 aliphatic heterocycles. The van der Waals surface area contributed by atoms with Gasteiger partial charge in [0.25, 0.3) is 5.91 Å². The molecule has 0 fully saturated rings. The normalized spacial score (nSPS) is 11.4. The molecule has 1 atom stereocenters. The number of para-hydroxylation sites is 1. The molecule has 0 spiro atoms. The molecule has 0 saturated heterocycles. The highest BCUT2D eigenvalue weighted by Gasteiger charge is 2.11. The Kier molecular flexibility index (Phi) is 7.40. The Morgan fingerprint density at radius 3 is 2.71 bits per heavy atom. The minimum atomic E-state index is -0.213. The van der Waals surface area contributed by atoms with Gasteiger partial charge in [-0.15, -0.1) is 11.8 Å². The monoisotopic (exact) mass is 452 g/mol. The number of halogens is 1. The summed E-state index contributed by atoms with van der Waals surface area (Å²) in [6, 6.07) is 17.3. The van der Waals surface area contributed by atoms with Crippen molar-refractivity contribution < 1.29 is 9.53 Å². The Balaban J connectivity index is 1.93. The van der Waals surface area contributed by atoms with E-state index in [1.807, 2.05) is 55.5 Å². The van der Waals surface area contributed by atoms with Crippen molar-refractivity contribution in [3.63, 3.8) is 0 Å². The molecular formula is C18H17IN2O2S. The molecular weight excluding hydrogens is 435 g/mol. The molecule has 4 nitrogen and oxygen atoms in total. The molecule has 0 aromatic heterocycles. The first-order valence-corrected chi connectivity index (χ1v) is 9.35. The fourth-order valence-corrected chi connectivity index (χ4v) is 3.28. The predicted octanol–water partition coefficient (Wildman–Crippen LogP) is 4.70. The first kappa shape index (κ1) is 18.6. The molecule has 0 saturated carbocycles. The van der Waals surface area contributed by atoms with Gasteiger partial charge in [0.05, 0.1) is 11.8 Å². The van der Waals surface area contributed by atoms with Crippen LogP contribution in [0.25, 0.3) is 0 Å². The average molecular weight is 452 g/mol. The molecule has 0 bridgehead atoms. The summed E-state index contributed by atoms with van der Waals surface area (Å²) in [5, 5.41) is 11.8. The summed E-state index contributed by atoms with van der Waals surface area (Å²) in [7, 11) is 0. The number of ether oxygens (including phenoxy) is 1. The molecule has 6 heteroatoms. The van der Waals surface area contributed by atoms with Crippen LogP contribution in [0.15, 0.2) is 53.4 Å². The highest BCUT2D eigenvalue weighted by Crippen LogP contribution is 2.31. The number of carbonyl (C=O) groups excluding carboxylic acids is 1. The summed E-state index contributed by atoms with van der Waals surface area (Å²) in [6.45, 7) is 1.94. The first-order chi connectivity index (χ1) is 11.6. The number of thioether (sulfide) groups is 1. The molecule has 1 N–H and O–H groups in total. The lowest BCUT2D eigenvalue weighted by atomic mass is 10.3. The quantitative estimate of drug-likeness (QED) is 0.489. The standard InChI is InChI=1S/C18H17IN2O2S/c1-13(10-11-20)24-17-5-3-2-4-16(17)21-18(22)12-23-15-8-6-14(19)7-9-15/h2-9,13H,10,12H2,1H3,(H,21,22). The second-order valence-corrected chi connectivity index (χ2v) is 7.80. The lowest BCUT2D eigenvalue weighted by Gasteiger charge is -2.13. The average Bonchev–Trinajstić information content (AvgIpc) is 2.56. The van der Waals surface area contributed by atoms with Crippen molar-refractivity contribution >= 4 is 45.9 Å². The Labute approximate surface area is 159 Å². The summed E-state index contributed by atoms with van der Waals surface area (Å²) in [5.74, 6) is 0.449. The number of rotatable bonds is 7. The molecule has 0 aliphatic carbocycles. The summed E-state index contributed by atoms with van der Waals surface area (Å²) in [4.78, 5) is 13.1. The molecule has 0 heterocycles. The smallest absolute Gasteiger partial charge is 0.262 e. The zero-order valence-electron chi connectivity index (χ0n) is 13.2. The maximum absolute atomic E-state index is 12.1. The van der Waals surface area contributed by atoms with Crippen molar-refractivity contribution in [3.8, 4) is 11.8 Å². The number of nitrogens with one attached hydrogen (secondary N) is 1. The van der Waals surface area contributed by atoms with Crippen molar-refractivity contribution in [2.75, 3.05) is 11.9 Å². The Morgan fingerprint density at radius 1 is 1.29 bits per heavy atom. The minimum absolute atomic E-state index is 0.0483. The van der Waals surface area contributed by atoms with Gasteiger partial charge in [-0.2, -0.15) is 5.26 Å². The van der Waals surface area contributed by atoms with Crippen molar-refractivity contribution in [2.45, 2.75) is 23.5 Å². The number of hydrogen-bond donors (Lipinski definition) is 1. The molecule has 2 rings (SSSR count). The van der Waals surface area contributed by atoms with Gasteiger partial charge in [0, 0.05) is 20.1 Å². The van der Waals surface area contributed by atoms with Crippen molar-refractivity contribution in [1.82, 2.24) is 0 Å². The van der Waals surface area contributed by atoms with E-state index < -0.39 is 0 Å². The highest BCUT2D eigenvalue weighted by atomic mass is 127. The van der Waals surface area contributed by atoms with E-state index in [1.165, 1.54) is 0 Å². The third kappa shape index (κ3) is 6.06. The first-order valence-electron chi connectivity index (χ1n) is 7.39. The van der Waals surface area contributed by atoms with Crippen molar-refractivity contribution in [3.05, 3.63) is 52.1 Å². The number of amides is 1. The molecule has 1 amide bonds. The second kappa shape index (κ2) is 9.55. The Bertz CT molecular complexity index is 729. The van der Waals surface area contributed by atoms with Gasteiger partial charge in [-0.05, 0) is 59.0 Å². The Hall–Kier alpha value is -1.72. The maximum atomic E-state index is 12.1. The van der Waals surface area contributed by atoms with Crippen molar-refractivity contribution in [2.24, 2.45) is 0 Å². The minimum Gasteiger partial charge on any atom is -0.484 e. The number of nitrogens with zero attached hydrogens (tertiary/aromatic N) is 1. The van der Waals surface area contributed by atoms with Crippen LogP contribution in [0.3, 0.4) is 0 Å². The number of benzene rings is 2. The van der Waals surface area contributed by atoms with E-state index in [4.69, 9.17) is 10.00 Å². The largest absolute Gasteiger partial charge is 0.484 e. The van der Waals surface area contributed by atoms with Crippen molar-refractivity contribution in [1.29, 1.82) is 5.26 Å². The van der Waals surface area contributed by atoms with E-state index in [9.17, 15) is 4.79 Å². The zero-order valence-corrected chi connectivity index (χ0v) is 16.1. The maximum Gasteiger partial charge on any atom is 0.262 e. The van der Waals surface area contributed by atoms with Crippen LogP contribution >= 0.6 is 34.4 Å². The van der Waals surface area contributed by atoms with Gasteiger partial charge >= 0.3 is 0 Å². The van der Waals surface area contributed by atoms with Crippen LogP contribution in [0.1, 0.15) is 13.3 Å². The van der Waals surface area contributed by atoms with Gasteiger partial charge in [0.1, 0.15) is 5.75 Å². The second-order valence-electron chi connectivity index (χ2n) is 5.08. The van der Waals surface area contributed by atoms with Crippen LogP contribution < -0.4 is 10.1 Å². The summed E-state index contributed by atoms with van der Waals surface area (Å²) >= 11 is 3.79. The number of anilines is 1. The van der Waals surface area contributed by atoms with Crippen LogP contribution in [-0.2, 0) is 4.79 Å². The third-order valence-corrected chi connectivity index (χ3v) is 4.95. The summed E-state index contributed by atoms with van der Waals surface area (Å²) in [6.07, 6.45) is 0.461. The molecule has 2 aromatic carbocycles. The van der Waals surface area contributed by atoms with E-state index >= 15 is 0 Å². The van der Waals surface area contributed by atoms with Gasteiger partial charge in [-0.1, -0.05) is 19.1 Å². The van der Waals surface area contributed by atoms with E-state index in [-0.39, 0.29) is 17.8 Å². The van der Waals surface area contributed by atoms with Crippen LogP contribution in [0.4, 0.5) is 5.69 Å². The number of hydrogen-bond acceptors (Lipinski definition) is 4. The fraction of sp³-hybridized carbons (Fsp3) is 0.222. The fourth-order valence-electron chi connectivity index (χ4n) is 1.93. The van der Waals surface area contributed by atoms with Gasteiger partial charge < -0.3 is 10.1 Å². The molecule has 24 heavy (non-hydrogen) atoms. The topological polar surface area (TPSA) is 62.1 Å². The highest BCUT2D eigenvalue weighted by molar-refractivity contribution is 14.1. The van der Waals surface area contributed by atoms with Gasteiger partial charge in [0.2, 0.25) is 0 Å². The molecule has 124 valence electrons. The SMILES string of the molecule is CC(CC#N)Sc1ccccc1NC(=O)COc1ccc(I)cc1. The lowest BCUT2D eigenvalue weighted by Crippen LogP contribution is -2.20. The van der Waals surface area contributed by atoms with Gasteiger partial charge in [-0.25, -0.2) is 0 Å². The van der Waals surface area contributed by atoms with Crippen LogP contribution in [0.5, 0.6) is 5.75 Å². The summed E-state index contributed by atoms with van der Waals surface area (Å²) in [5.41, 5.74) is 0.739. The van der Waals surface area contributed by atoms with E-state index in [2.05, 4.69) is 34.0 Å². The van der Waals surface area contributed by atoms with Crippen LogP contribution in [0.2, 0.25) is 0 Å². The predicted molar refractivity (Wildman–Crippen MR) is 105 cm³/mol. The Morgan fingerprint density at radius 2 is 2.00 bits per heavy atom. The number of nitriles is 1. The number of carbonyl (C=O) groups is 1. The molecule has 1 unspecified atom stereocenters. The van der Waals surface area contributed by atoms with Gasteiger partial charge in [0.15, 0.2) is 6.61 Å². The molecule has 0 radical (unpaired) electrons. The van der Waals surface area contributed by atoms with Crippen LogP contribution in [-0.4, -0.2) is 17.8 Å². The third-order valence-electron chi connectivity index (χ3n) is 3.05.